The summed E-state index contributed by atoms with van der Waals surface area (Å²) in [7, 11) is -3.49. The smallest absolute Gasteiger partial charge is 0.245 e. The van der Waals surface area contributed by atoms with Crippen LogP contribution in [0.25, 0.3) is 0 Å². The van der Waals surface area contributed by atoms with E-state index in [1.165, 1.54) is 16.1 Å². The maximum atomic E-state index is 14.0. The second-order valence-corrected chi connectivity index (χ2v) is 14.6. The van der Waals surface area contributed by atoms with Crippen molar-refractivity contribution in [1.29, 1.82) is 0 Å². The van der Waals surface area contributed by atoms with Gasteiger partial charge >= 0.3 is 0 Å². The van der Waals surface area contributed by atoms with Crippen molar-refractivity contribution in [2.45, 2.75) is 45.3 Å². The molecule has 0 radical (unpaired) electrons. The standard InChI is InChI=1S/C34H42ClN5O4S/c1-24(2)23-40(45(3,43)44)32-11-7-6-10-31(32)38-16-18-39(19-17-38)34(42)30(20-25-12-14-28(35)15-13-25)37-33(41)29-21-26-8-4-5-9-27(26)22-36-29/h4-15,24,29-30,36H,16-23H2,1-3H3,(H,37,41). The third-order valence-corrected chi connectivity index (χ3v) is 9.78. The van der Waals surface area contributed by atoms with Crippen LogP contribution in [0.1, 0.15) is 30.5 Å². The van der Waals surface area contributed by atoms with Gasteiger partial charge in [0.25, 0.3) is 0 Å². The first-order chi connectivity index (χ1) is 21.5. The second-order valence-electron chi connectivity index (χ2n) is 12.3. The van der Waals surface area contributed by atoms with E-state index in [2.05, 4.69) is 21.6 Å². The van der Waals surface area contributed by atoms with Crippen LogP contribution < -0.4 is 19.8 Å². The molecule has 3 aromatic carbocycles. The summed E-state index contributed by atoms with van der Waals surface area (Å²) in [5.74, 6) is -0.191. The molecule has 0 spiro atoms. The van der Waals surface area contributed by atoms with Gasteiger partial charge < -0.3 is 20.4 Å². The van der Waals surface area contributed by atoms with E-state index in [9.17, 15) is 18.0 Å². The summed E-state index contributed by atoms with van der Waals surface area (Å²) in [6.45, 7) is 6.91. The summed E-state index contributed by atoms with van der Waals surface area (Å²) in [4.78, 5) is 31.5. The number of anilines is 2. The van der Waals surface area contributed by atoms with Gasteiger partial charge in [-0.1, -0.05) is 74.0 Å². The topological polar surface area (TPSA) is 102 Å². The number of carbonyl (C=O) groups excluding carboxylic acids is 2. The summed E-state index contributed by atoms with van der Waals surface area (Å²) in [5.41, 5.74) is 4.68. The van der Waals surface area contributed by atoms with E-state index >= 15 is 0 Å². The highest BCUT2D eigenvalue weighted by Gasteiger charge is 2.33. The van der Waals surface area contributed by atoms with E-state index in [1.54, 1.807) is 17.0 Å². The van der Waals surface area contributed by atoms with E-state index in [0.29, 0.717) is 62.8 Å². The minimum absolute atomic E-state index is 0.139. The molecule has 3 aromatic rings. The molecule has 0 saturated carbocycles. The molecule has 0 bridgehead atoms. The van der Waals surface area contributed by atoms with Crippen molar-refractivity contribution < 1.29 is 18.0 Å². The SMILES string of the molecule is CC(C)CN(c1ccccc1N1CCN(C(=O)C(Cc2ccc(Cl)cc2)NC(=O)C2Cc3ccccc3CN2)CC1)S(C)(=O)=O. The zero-order chi connectivity index (χ0) is 32.1. The lowest BCUT2D eigenvalue weighted by Crippen LogP contribution is -2.58. The van der Waals surface area contributed by atoms with Crippen LogP contribution in [0.15, 0.2) is 72.8 Å². The van der Waals surface area contributed by atoms with Crippen LogP contribution >= 0.6 is 11.6 Å². The molecular weight excluding hydrogens is 610 g/mol. The fourth-order valence-corrected chi connectivity index (χ4v) is 7.25. The van der Waals surface area contributed by atoms with E-state index < -0.39 is 22.1 Å². The van der Waals surface area contributed by atoms with Crippen LogP contribution in [-0.4, -0.2) is 76.2 Å². The molecule has 2 amide bonds. The third-order valence-electron chi connectivity index (χ3n) is 8.38. The Hall–Kier alpha value is -3.60. The molecule has 1 fully saturated rings. The number of rotatable bonds is 10. The van der Waals surface area contributed by atoms with Gasteiger partial charge in [0.2, 0.25) is 21.8 Å². The average molecular weight is 652 g/mol. The Balaban J connectivity index is 1.30. The van der Waals surface area contributed by atoms with Crippen molar-refractivity contribution in [3.63, 3.8) is 0 Å². The summed E-state index contributed by atoms with van der Waals surface area (Å²) < 4.78 is 27.0. The van der Waals surface area contributed by atoms with Gasteiger partial charge in [-0.25, -0.2) is 8.42 Å². The first-order valence-corrected chi connectivity index (χ1v) is 17.7. The maximum Gasteiger partial charge on any atom is 0.245 e. The van der Waals surface area contributed by atoms with E-state index in [1.807, 2.05) is 68.4 Å². The number of halogens is 1. The summed E-state index contributed by atoms with van der Waals surface area (Å²) in [5, 5.41) is 7.00. The van der Waals surface area contributed by atoms with Crippen LogP contribution in [0, 0.1) is 5.92 Å². The van der Waals surface area contributed by atoms with Crippen LogP contribution in [0.3, 0.4) is 0 Å². The van der Waals surface area contributed by atoms with Crippen LogP contribution in [0.2, 0.25) is 5.02 Å². The van der Waals surface area contributed by atoms with Crippen molar-refractivity contribution in [1.82, 2.24) is 15.5 Å². The third kappa shape index (κ3) is 8.17. The number of sulfonamides is 1. The number of piperazine rings is 1. The average Bonchev–Trinajstić information content (AvgIpc) is 3.03. The van der Waals surface area contributed by atoms with Gasteiger partial charge in [-0.2, -0.15) is 0 Å². The van der Waals surface area contributed by atoms with Crippen molar-refractivity contribution >= 4 is 44.8 Å². The van der Waals surface area contributed by atoms with E-state index in [-0.39, 0.29) is 17.7 Å². The summed E-state index contributed by atoms with van der Waals surface area (Å²) in [6.07, 6.45) is 2.13. The molecule has 2 unspecified atom stereocenters. The molecular formula is C34H42ClN5O4S. The lowest BCUT2D eigenvalue weighted by molar-refractivity contribution is -0.137. The number of nitrogens with zero attached hydrogens (tertiary/aromatic N) is 3. The second kappa shape index (κ2) is 14.2. The molecule has 2 N–H and O–H groups in total. The Labute approximate surface area is 271 Å². The predicted molar refractivity (Wildman–Crippen MR) is 180 cm³/mol. The van der Waals surface area contributed by atoms with Gasteiger partial charge in [0.1, 0.15) is 6.04 Å². The van der Waals surface area contributed by atoms with Crippen molar-refractivity contribution in [2.75, 3.05) is 48.2 Å². The fraction of sp³-hybridized carbons (Fsp3) is 0.412. The van der Waals surface area contributed by atoms with Crippen molar-refractivity contribution in [2.24, 2.45) is 5.92 Å². The fourth-order valence-electron chi connectivity index (χ4n) is 6.04. The largest absolute Gasteiger partial charge is 0.366 e. The monoisotopic (exact) mass is 651 g/mol. The molecule has 2 atom stereocenters. The van der Waals surface area contributed by atoms with Crippen LogP contribution in [-0.2, 0) is 39.0 Å². The van der Waals surface area contributed by atoms with E-state index in [0.717, 1.165) is 16.8 Å². The normalized spacial score (nSPS) is 17.5. The number of fused-ring (bicyclic) bond motifs is 1. The Morgan fingerprint density at radius 1 is 0.956 bits per heavy atom. The van der Waals surface area contributed by atoms with E-state index in [4.69, 9.17) is 11.6 Å². The minimum Gasteiger partial charge on any atom is -0.366 e. The minimum atomic E-state index is -3.49. The molecule has 2 aliphatic heterocycles. The summed E-state index contributed by atoms with van der Waals surface area (Å²) in [6, 6.07) is 21.8. The first kappa shape index (κ1) is 32.8. The zero-order valence-corrected chi connectivity index (χ0v) is 27.7. The van der Waals surface area contributed by atoms with Crippen molar-refractivity contribution in [3.05, 3.63) is 94.5 Å². The highest BCUT2D eigenvalue weighted by Crippen LogP contribution is 2.32. The van der Waals surface area contributed by atoms with Gasteiger partial charge in [0.05, 0.1) is 23.7 Å². The Bertz CT molecular complexity index is 1610. The number of hydrogen-bond donors (Lipinski definition) is 2. The number of amides is 2. The molecule has 0 aliphatic carbocycles. The van der Waals surface area contributed by atoms with Gasteiger partial charge in [0.15, 0.2) is 0 Å². The molecule has 5 rings (SSSR count). The molecule has 2 heterocycles. The Morgan fingerprint density at radius 2 is 1.60 bits per heavy atom. The van der Waals surface area contributed by atoms with Gasteiger partial charge in [0, 0.05) is 50.7 Å². The molecule has 9 nitrogen and oxygen atoms in total. The van der Waals surface area contributed by atoms with Crippen LogP contribution in [0.5, 0.6) is 0 Å². The molecule has 240 valence electrons. The van der Waals surface area contributed by atoms with Crippen LogP contribution in [0.4, 0.5) is 11.4 Å². The number of carbonyl (C=O) groups is 2. The highest BCUT2D eigenvalue weighted by molar-refractivity contribution is 7.92. The zero-order valence-electron chi connectivity index (χ0n) is 26.1. The molecule has 1 saturated heterocycles. The first-order valence-electron chi connectivity index (χ1n) is 15.4. The number of hydrogen-bond acceptors (Lipinski definition) is 6. The molecule has 2 aliphatic rings. The molecule has 45 heavy (non-hydrogen) atoms. The van der Waals surface area contributed by atoms with Gasteiger partial charge in [-0.3, -0.25) is 13.9 Å². The van der Waals surface area contributed by atoms with Gasteiger partial charge in [-0.05, 0) is 53.3 Å². The van der Waals surface area contributed by atoms with Crippen molar-refractivity contribution in [3.8, 4) is 0 Å². The lowest BCUT2D eigenvalue weighted by Gasteiger charge is -2.39. The quantitative estimate of drug-likeness (QED) is 0.345. The Kier molecular flexibility index (Phi) is 10.4. The lowest BCUT2D eigenvalue weighted by atomic mass is 9.95. The number of nitrogens with one attached hydrogen (secondary N) is 2. The molecule has 11 heteroatoms. The van der Waals surface area contributed by atoms with Gasteiger partial charge in [-0.15, -0.1) is 0 Å². The Morgan fingerprint density at radius 3 is 2.27 bits per heavy atom. The maximum absolute atomic E-state index is 14.0. The number of para-hydroxylation sites is 2. The highest BCUT2D eigenvalue weighted by atomic mass is 35.5. The number of benzene rings is 3. The summed E-state index contributed by atoms with van der Waals surface area (Å²) >= 11 is 6.11. The predicted octanol–water partition coefficient (Wildman–Crippen LogP) is 3.85. The molecule has 0 aromatic heterocycles.